The fourth-order valence-electron chi connectivity index (χ4n) is 2.80. The van der Waals surface area contributed by atoms with E-state index < -0.39 is 8.60 Å². The van der Waals surface area contributed by atoms with Crippen molar-refractivity contribution in [2.75, 3.05) is 20.7 Å². The summed E-state index contributed by atoms with van der Waals surface area (Å²) in [6.45, 7) is 2.76. The Hall–Kier alpha value is 0.270. The zero-order valence-electron chi connectivity index (χ0n) is 17.3. The lowest BCUT2D eigenvalue weighted by Gasteiger charge is -2.04. The Bertz CT molecular complexity index is 219. The standard InChI is InChI=1S/C18H39O3P.C2H7N/c1-2-3-4-5-6-7-8-9-10-11-12-13-14-15-16-17-18-21-22(19)20;1-3-2/h19-20H,2-18H2,1H3;3H,1-2H3. The fourth-order valence-corrected chi connectivity index (χ4v) is 3.09. The van der Waals surface area contributed by atoms with Crippen LogP contribution in [0, 0.1) is 0 Å². The third-order valence-electron chi connectivity index (χ3n) is 4.20. The van der Waals surface area contributed by atoms with Crippen molar-refractivity contribution in [3.8, 4) is 0 Å². The molecule has 154 valence electrons. The van der Waals surface area contributed by atoms with Crippen LogP contribution in [-0.2, 0) is 4.52 Å². The van der Waals surface area contributed by atoms with Gasteiger partial charge in [-0.3, -0.25) is 0 Å². The first kappa shape index (κ1) is 27.5. The van der Waals surface area contributed by atoms with E-state index in [4.69, 9.17) is 14.3 Å². The zero-order valence-corrected chi connectivity index (χ0v) is 18.2. The monoisotopic (exact) mass is 379 g/mol. The van der Waals surface area contributed by atoms with Crippen molar-refractivity contribution in [1.29, 1.82) is 0 Å². The average Bonchev–Trinajstić information content (AvgIpc) is 2.58. The highest BCUT2D eigenvalue weighted by Gasteiger charge is 1.98. The first-order valence-corrected chi connectivity index (χ1v) is 11.7. The molecule has 25 heavy (non-hydrogen) atoms. The van der Waals surface area contributed by atoms with Crippen LogP contribution in [0.2, 0.25) is 0 Å². The van der Waals surface area contributed by atoms with Crippen molar-refractivity contribution in [3.63, 3.8) is 0 Å². The second-order valence-corrected chi connectivity index (χ2v) is 7.65. The maximum Gasteiger partial charge on any atom is 0.327 e. The van der Waals surface area contributed by atoms with Crippen LogP contribution in [-0.4, -0.2) is 30.5 Å². The number of hydrogen-bond acceptors (Lipinski definition) is 4. The van der Waals surface area contributed by atoms with Gasteiger partial charge in [0.25, 0.3) is 0 Å². The summed E-state index contributed by atoms with van der Waals surface area (Å²) in [7, 11) is 1.61. The van der Waals surface area contributed by atoms with Crippen LogP contribution in [0.25, 0.3) is 0 Å². The first-order valence-electron chi connectivity index (χ1n) is 10.6. The third kappa shape index (κ3) is 32.4. The fraction of sp³-hybridized carbons (Fsp3) is 1.00. The molecule has 0 saturated heterocycles. The van der Waals surface area contributed by atoms with Crippen LogP contribution in [0.15, 0.2) is 0 Å². The van der Waals surface area contributed by atoms with Gasteiger partial charge in [-0.15, -0.1) is 0 Å². The molecule has 0 aliphatic rings. The molecular formula is C20H46NO3P. The Kier molecular flexibility index (Phi) is 29.1. The van der Waals surface area contributed by atoms with Crippen molar-refractivity contribution < 1.29 is 14.3 Å². The molecule has 0 atom stereocenters. The number of hydrogen-bond donors (Lipinski definition) is 3. The van der Waals surface area contributed by atoms with Crippen molar-refractivity contribution >= 4 is 8.60 Å². The summed E-state index contributed by atoms with van der Waals surface area (Å²) in [5.41, 5.74) is 0. The lowest BCUT2D eigenvalue weighted by Crippen LogP contribution is -1.89. The summed E-state index contributed by atoms with van der Waals surface area (Å²) in [6.07, 6.45) is 21.6. The molecule has 0 aliphatic carbocycles. The van der Waals surface area contributed by atoms with Gasteiger partial charge >= 0.3 is 8.60 Å². The molecule has 0 aliphatic heterocycles. The topological polar surface area (TPSA) is 61.7 Å². The van der Waals surface area contributed by atoms with Crippen LogP contribution in [0.1, 0.15) is 110 Å². The summed E-state index contributed by atoms with van der Waals surface area (Å²) in [4.78, 5) is 17.2. The summed E-state index contributed by atoms with van der Waals surface area (Å²) >= 11 is 0. The molecule has 0 unspecified atom stereocenters. The summed E-state index contributed by atoms with van der Waals surface area (Å²) < 4.78 is 4.74. The molecule has 4 nitrogen and oxygen atoms in total. The van der Waals surface area contributed by atoms with Crippen LogP contribution in [0.4, 0.5) is 0 Å². The minimum atomic E-state index is -2.14. The first-order chi connectivity index (χ1) is 12.2. The molecule has 0 aromatic rings. The van der Waals surface area contributed by atoms with E-state index in [9.17, 15) is 0 Å². The van der Waals surface area contributed by atoms with Gasteiger partial charge in [0.2, 0.25) is 0 Å². The van der Waals surface area contributed by atoms with Gasteiger partial charge in [0.15, 0.2) is 0 Å². The van der Waals surface area contributed by atoms with E-state index in [1.165, 1.54) is 89.9 Å². The molecule has 5 heteroatoms. The molecule has 0 bridgehead atoms. The van der Waals surface area contributed by atoms with Crippen molar-refractivity contribution in [3.05, 3.63) is 0 Å². The molecule has 3 N–H and O–H groups in total. The Morgan fingerprint density at radius 2 is 0.880 bits per heavy atom. The maximum atomic E-state index is 8.58. The highest BCUT2D eigenvalue weighted by molar-refractivity contribution is 7.39. The number of unbranched alkanes of at least 4 members (excludes halogenated alkanes) is 15. The molecule has 0 amide bonds. The smallest absolute Gasteiger partial charge is 0.327 e. The zero-order chi connectivity index (χ0) is 19.0. The van der Waals surface area contributed by atoms with Crippen molar-refractivity contribution in [2.45, 2.75) is 110 Å². The van der Waals surface area contributed by atoms with E-state index in [1.807, 2.05) is 14.1 Å². The summed E-state index contributed by atoms with van der Waals surface area (Å²) in [6, 6.07) is 0. The van der Waals surface area contributed by atoms with Gasteiger partial charge in [-0.25, -0.2) is 0 Å². The number of rotatable bonds is 18. The third-order valence-corrected chi connectivity index (χ3v) is 4.62. The molecule has 0 fully saturated rings. The van der Waals surface area contributed by atoms with Gasteiger partial charge in [-0.1, -0.05) is 103 Å². The van der Waals surface area contributed by atoms with Crippen molar-refractivity contribution in [2.24, 2.45) is 0 Å². The lowest BCUT2D eigenvalue weighted by molar-refractivity contribution is 0.248. The highest BCUT2D eigenvalue weighted by Crippen LogP contribution is 2.24. The normalized spacial score (nSPS) is 10.8. The van der Waals surface area contributed by atoms with Gasteiger partial charge in [0.1, 0.15) is 0 Å². The van der Waals surface area contributed by atoms with Gasteiger partial charge < -0.3 is 19.6 Å². The largest absolute Gasteiger partial charge is 0.328 e. The molecular weight excluding hydrogens is 333 g/mol. The Morgan fingerprint density at radius 1 is 0.600 bits per heavy atom. The minimum absolute atomic E-state index is 0.483. The molecule has 0 rings (SSSR count). The average molecular weight is 380 g/mol. The summed E-state index contributed by atoms with van der Waals surface area (Å²) in [5, 5.41) is 2.75. The van der Waals surface area contributed by atoms with Crippen LogP contribution < -0.4 is 5.32 Å². The molecule has 0 aromatic carbocycles. The molecule has 0 radical (unpaired) electrons. The SMILES string of the molecule is CCCCCCCCCCCCCCCCCCOP(O)O.CNC. The van der Waals surface area contributed by atoms with Crippen molar-refractivity contribution in [1.82, 2.24) is 5.32 Å². The van der Waals surface area contributed by atoms with Gasteiger partial charge in [0, 0.05) is 0 Å². The number of nitrogens with one attached hydrogen (secondary N) is 1. The van der Waals surface area contributed by atoms with Crippen LogP contribution >= 0.6 is 8.60 Å². The maximum absolute atomic E-state index is 8.58. The van der Waals surface area contributed by atoms with Crippen LogP contribution in [0.3, 0.4) is 0 Å². The minimum Gasteiger partial charge on any atom is -0.328 e. The highest BCUT2D eigenvalue weighted by atomic mass is 31.2. The Balaban J connectivity index is 0. The molecule has 0 aromatic heterocycles. The second kappa shape index (κ2) is 26.5. The van der Waals surface area contributed by atoms with Gasteiger partial charge in [-0.2, -0.15) is 0 Å². The Morgan fingerprint density at radius 3 is 1.16 bits per heavy atom. The Labute approximate surface area is 159 Å². The summed E-state index contributed by atoms with van der Waals surface area (Å²) in [5.74, 6) is 0. The molecule has 0 heterocycles. The van der Waals surface area contributed by atoms with Gasteiger partial charge in [-0.05, 0) is 20.5 Å². The van der Waals surface area contributed by atoms with E-state index in [2.05, 4.69) is 12.2 Å². The predicted molar refractivity (Wildman–Crippen MR) is 112 cm³/mol. The van der Waals surface area contributed by atoms with Crippen LogP contribution in [0.5, 0.6) is 0 Å². The molecule has 0 saturated carbocycles. The second-order valence-electron chi connectivity index (χ2n) is 6.89. The van der Waals surface area contributed by atoms with E-state index in [-0.39, 0.29) is 0 Å². The molecule has 0 spiro atoms. The quantitative estimate of drug-likeness (QED) is 0.193. The van der Waals surface area contributed by atoms with E-state index in [1.54, 1.807) is 0 Å². The van der Waals surface area contributed by atoms with E-state index in [0.29, 0.717) is 6.61 Å². The lowest BCUT2D eigenvalue weighted by atomic mass is 10.0. The van der Waals surface area contributed by atoms with E-state index in [0.717, 1.165) is 12.8 Å². The predicted octanol–water partition coefficient (Wildman–Crippen LogP) is 6.31. The van der Waals surface area contributed by atoms with Gasteiger partial charge in [0.05, 0.1) is 6.61 Å². The van der Waals surface area contributed by atoms with E-state index >= 15 is 0 Å².